The van der Waals surface area contributed by atoms with E-state index in [0.29, 0.717) is 11.3 Å². The third-order valence-electron chi connectivity index (χ3n) is 5.63. The summed E-state index contributed by atoms with van der Waals surface area (Å²) in [4.78, 5) is 12.8. The van der Waals surface area contributed by atoms with Crippen LogP contribution < -0.4 is 9.62 Å². The Morgan fingerprint density at radius 2 is 1.71 bits per heavy atom. The molecule has 1 fully saturated rings. The average molecular weight is 401 g/mol. The molecule has 5 nitrogen and oxygen atoms in total. The fraction of sp³-hybridized carbons (Fsp3) is 0.409. The lowest BCUT2D eigenvalue weighted by Crippen LogP contribution is -2.37. The van der Waals surface area contributed by atoms with Crippen molar-refractivity contribution >= 4 is 21.6 Å². The van der Waals surface area contributed by atoms with Crippen LogP contribution in [0.2, 0.25) is 0 Å². The van der Waals surface area contributed by atoms with Crippen LogP contribution >= 0.6 is 0 Å². The van der Waals surface area contributed by atoms with Crippen LogP contribution in [0.3, 0.4) is 0 Å². The monoisotopic (exact) mass is 400 g/mol. The molecule has 0 bridgehead atoms. The number of hydrogen-bond acceptors (Lipinski definition) is 3. The van der Waals surface area contributed by atoms with Crippen LogP contribution in [0.25, 0.3) is 0 Å². The van der Waals surface area contributed by atoms with Gasteiger partial charge in [-0.05, 0) is 61.9 Å². The first-order chi connectivity index (χ1) is 13.4. The molecular weight excluding hydrogens is 372 g/mol. The molecule has 0 saturated heterocycles. The number of rotatable bonds is 6. The third-order valence-corrected chi connectivity index (χ3v) is 7.42. The van der Waals surface area contributed by atoms with E-state index in [1.165, 1.54) is 29.9 Å². The highest BCUT2D eigenvalue weighted by molar-refractivity contribution is 7.92. The minimum atomic E-state index is -3.74. The van der Waals surface area contributed by atoms with Gasteiger partial charge in [0.2, 0.25) is 0 Å². The van der Waals surface area contributed by atoms with E-state index in [1.54, 1.807) is 36.4 Å². The van der Waals surface area contributed by atoms with Crippen molar-refractivity contribution in [3.05, 3.63) is 60.2 Å². The largest absolute Gasteiger partial charge is 0.349 e. The number of anilines is 1. The van der Waals surface area contributed by atoms with E-state index in [1.807, 2.05) is 6.07 Å². The molecule has 2 aromatic carbocycles. The molecule has 1 aliphatic carbocycles. The van der Waals surface area contributed by atoms with Crippen LogP contribution in [0.4, 0.5) is 5.69 Å². The molecule has 150 valence electrons. The zero-order valence-electron chi connectivity index (χ0n) is 16.5. The molecule has 6 heteroatoms. The molecule has 0 aliphatic heterocycles. The molecule has 0 aromatic heterocycles. The van der Waals surface area contributed by atoms with Crippen LogP contribution in [0.5, 0.6) is 0 Å². The molecule has 0 atom stereocenters. The number of sulfonamides is 1. The van der Waals surface area contributed by atoms with Crippen molar-refractivity contribution in [2.45, 2.75) is 50.0 Å². The molecule has 1 saturated carbocycles. The molecular formula is C22H28N2O3S. The number of amides is 1. The fourth-order valence-electron chi connectivity index (χ4n) is 3.72. The minimum absolute atomic E-state index is 0.112. The minimum Gasteiger partial charge on any atom is -0.349 e. The first kappa shape index (κ1) is 20.4. The maximum Gasteiger partial charge on any atom is 0.264 e. The summed E-state index contributed by atoms with van der Waals surface area (Å²) in [5, 5.41) is 3.07. The Balaban J connectivity index is 1.74. The summed E-state index contributed by atoms with van der Waals surface area (Å²) in [7, 11) is -2.22. The quantitative estimate of drug-likeness (QED) is 0.790. The predicted molar refractivity (Wildman–Crippen MR) is 112 cm³/mol. The smallest absolute Gasteiger partial charge is 0.264 e. The standard InChI is InChI=1S/C22H28N2O3S/c1-3-17-12-14-19(15-13-17)23-22(25)18-8-7-11-21(16-18)28(26,27)24(2)20-9-5-4-6-10-20/h4-11,16-17,19H,3,12-15H2,1-2H3,(H,23,25). The van der Waals surface area contributed by atoms with Crippen molar-refractivity contribution in [3.63, 3.8) is 0 Å². The lowest BCUT2D eigenvalue weighted by Gasteiger charge is -2.28. The number of para-hydroxylation sites is 1. The van der Waals surface area contributed by atoms with Gasteiger partial charge in [0.1, 0.15) is 0 Å². The highest BCUT2D eigenvalue weighted by atomic mass is 32.2. The van der Waals surface area contributed by atoms with Crippen molar-refractivity contribution in [1.29, 1.82) is 0 Å². The van der Waals surface area contributed by atoms with E-state index in [2.05, 4.69) is 12.2 Å². The summed E-state index contributed by atoms with van der Waals surface area (Å²) >= 11 is 0. The van der Waals surface area contributed by atoms with E-state index in [-0.39, 0.29) is 16.8 Å². The zero-order valence-corrected chi connectivity index (χ0v) is 17.3. The van der Waals surface area contributed by atoms with Crippen LogP contribution in [0.15, 0.2) is 59.5 Å². The topological polar surface area (TPSA) is 66.5 Å². The first-order valence-corrected chi connectivity index (χ1v) is 11.3. The van der Waals surface area contributed by atoms with Gasteiger partial charge in [0, 0.05) is 18.7 Å². The van der Waals surface area contributed by atoms with Crippen molar-refractivity contribution in [3.8, 4) is 0 Å². The second-order valence-corrected chi connectivity index (χ2v) is 9.40. The Morgan fingerprint density at radius 3 is 2.36 bits per heavy atom. The lowest BCUT2D eigenvalue weighted by atomic mass is 9.84. The van der Waals surface area contributed by atoms with E-state index >= 15 is 0 Å². The van der Waals surface area contributed by atoms with E-state index in [9.17, 15) is 13.2 Å². The van der Waals surface area contributed by atoms with Gasteiger partial charge in [0.15, 0.2) is 0 Å². The highest BCUT2D eigenvalue weighted by Crippen LogP contribution is 2.27. The van der Waals surface area contributed by atoms with Gasteiger partial charge in [0.25, 0.3) is 15.9 Å². The van der Waals surface area contributed by atoms with Gasteiger partial charge >= 0.3 is 0 Å². The Morgan fingerprint density at radius 1 is 1.04 bits per heavy atom. The highest BCUT2D eigenvalue weighted by Gasteiger charge is 2.24. The van der Waals surface area contributed by atoms with Crippen molar-refractivity contribution in [1.82, 2.24) is 5.32 Å². The summed E-state index contributed by atoms with van der Waals surface area (Å²) in [6.45, 7) is 2.21. The second kappa shape index (κ2) is 8.78. The molecule has 28 heavy (non-hydrogen) atoms. The van der Waals surface area contributed by atoms with Gasteiger partial charge in [-0.15, -0.1) is 0 Å². The van der Waals surface area contributed by atoms with E-state index in [4.69, 9.17) is 0 Å². The van der Waals surface area contributed by atoms with Crippen LogP contribution in [-0.2, 0) is 10.0 Å². The van der Waals surface area contributed by atoms with Gasteiger partial charge in [-0.3, -0.25) is 9.10 Å². The molecule has 0 spiro atoms. The van der Waals surface area contributed by atoms with Crippen LogP contribution in [0.1, 0.15) is 49.4 Å². The third kappa shape index (κ3) is 4.55. The molecule has 2 aromatic rings. The maximum atomic E-state index is 13.0. The van der Waals surface area contributed by atoms with Gasteiger partial charge < -0.3 is 5.32 Å². The number of nitrogens with one attached hydrogen (secondary N) is 1. The average Bonchev–Trinajstić information content (AvgIpc) is 2.74. The van der Waals surface area contributed by atoms with Gasteiger partial charge in [-0.2, -0.15) is 0 Å². The number of carbonyl (C=O) groups excluding carboxylic acids is 1. The number of hydrogen-bond donors (Lipinski definition) is 1. The molecule has 1 amide bonds. The van der Waals surface area contributed by atoms with Gasteiger partial charge in [-0.1, -0.05) is 37.6 Å². The van der Waals surface area contributed by atoms with E-state index < -0.39 is 10.0 Å². The Kier molecular flexibility index (Phi) is 6.39. The number of carbonyl (C=O) groups is 1. The van der Waals surface area contributed by atoms with Crippen molar-refractivity contribution in [2.24, 2.45) is 5.92 Å². The summed E-state index contributed by atoms with van der Waals surface area (Å²) in [6.07, 6.45) is 5.43. The number of benzene rings is 2. The Labute approximate surface area is 167 Å². The molecule has 3 rings (SSSR count). The van der Waals surface area contributed by atoms with E-state index in [0.717, 1.165) is 31.6 Å². The summed E-state index contributed by atoms with van der Waals surface area (Å²) in [5.74, 6) is 0.550. The predicted octanol–water partition coefficient (Wildman–Crippen LogP) is 4.21. The zero-order chi connectivity index (χ0) is 20.1. The van der Waals surface area contributed by atoms with Crippen LogP contribution in [-0.4, -0.2) is 27.4 Å². The molecule has 0 heterocycles. The molecule has 0 unspecified atom stereocenters. The molecule has 0 radical (unpaired) electrons. The second-order valence-electron chi connectivity index (χ2n) is 7.44. The molecule has 1 aliphatic rings. The summed E-state index contributed by atoms with van der Waals surface area (Å²) in [6, 6.07) is 15.3. The van der Waals surface area contributed by atoms with Crippen molar-refractivity contribution < 1.29 is 13.2 Å². The summed E-state index contributed by atoms with van der Waals surface area (Å²) in [5.41, 5.74) is 0.949. The first-order valence-electron chi connectivity index (χ1n) is 9.86. The molecule has 1 N–H and O–H groups in total. The fourth-order valence-corrected chi connectivity index (χ4v) is 4.96. The SMILES string of the molecule is CCC1CCC(NC(=O)c2cccc(S(=O)(=O)N(C)c3ccccc3)c2)CC1. The maximum absolute atomic E-state index is 13.0. The Bertz CT molecular complexity index is 904. The Hall–Kier alpha value is -2.34. The number of nitrogens with zero attached hydrogens (tertiary/aromatic N) is 1. The van der Waals surface area contributed by atoms with Gasteiger partial charge in [-0.25, -0.2) is 8.42 Å². The van der Waals surface area contributed by atoms with Crippen molar-refractivity contribution in [2.75, 3.05) is 11.4 Å². The summed E-state index contributed by atoms with van der Waals surface area (Å²) < 4.78 is 27.2. The van der Waals surface area contributed by atoms with Crippen LogP contribution in [0, 0.1) is 5.92 Å². The van der Waals surface area contributed by atoms with Gasteiger partial charge in [0.05, 0.1) is 10.6 Å². The lowest BCUT2D eigenvalue weighted by molar-refractivity contribution is 0.0921. The normalized spacial score (nSPS) is 19.8.